The monoisotopic (exact) mass is 237 g/mol. The average molecular weight is 238 g/mol. The zero-order chi connectivity index (χ0) is 10.7. The highest BCUT2D eigenvalue weighted by Crippen LogP contribution is 2.25. The second-order valence-corrected chi connectivity index (χ2v) is 4.37. The van der Waals surface area contributed by atoms with Crippen LogP contribution in [0.4, 0.5) is 5.82 Å². The quantitative estimate of drug-likeness (QED) is 0.873. The standard InChI is InChI=1S/C10H8ClN3S/c11-7-1-4-10(14-5-7)15-8-2-3-9(12)13-6-8/h1-6H,(H2,12,13). The lowest BCUT2D eigenvalue weighted by Crippen LogP contribution is -1.88. The summed E-state index contributed by atoms with van der Waals surface area (Å²) >= 11 is 7.25. The van der Waals surface area contributed by atoms with E-state index in [0.717, 1.165) is 9.92 Å². The molecule has 0 saturated heterocycles. The summed E-state index contributed by atoms with van der Waals surface area (Å²) in [5, 5.41) is 1.51. The number of rotatable bonds is 2. The van der Waals surface area contributed by atoms with Crippen LogP contribution in [0.2, 0.25) is 5.02 Å². The van der Waals surface area contributed by atoms with Crippen LogP contribution in [-0.2, 0) is 0 Å². The van der Waals surface area contributed by atoms with Gasteiger partial charge >= 0.3 is 0 Å². The van der Waals surface area contributed by atoms with Crippen molar-refractivity contribution in [1.82, 2.24) is 9.97 Å². The molecule has 2 aromatic heterocycles. The van der Waals surface area contributed by atoms with Gasteiger partial charge in [0.25, 0.3) is 0 Å². The third kappa shape index (κ3) is 2.84. The van der Waals surface area contributed by atoms with E-state index >= 15 is 0 Å². The Kier molecular flexibility index (Phi) is 3.08. The molecule has 0 bridgehead atoms. The maximum Gasteiger partial charge on any atom is 0.123 e. The first-order chi connectivity index (χ1) is 7.24. The van der Waals surface area contributed by atoms with Crippen molar-refractivity contribution < 1.29 is 0 Å². The Balaban J connectivity index is 2.15. The zero-order valence-corrected chi connectivity index (χ0v) is 9.29. The fourth-order valence-corrected chi connectivity index (χ4v) is 1.83. The lowest BCUT2D eigenvalue weighted by molar-refractivity contribution is 1.13. The first kappa shape index (κ1) is 10.3. The summed E-state index contributed by atoms with van der Waals surface area (Å²) in [5.74, 6) is 0.517. The van der Waals surface area contributed by atoms with Crippen molar-refractivity contribution in [1.29, 1.82) is 0 Å². The molecule has 0 fully saturated rings. The highest BCUT2D eigenvalue weighted by molar-refractivity contribution is 7.99. The number of aromatic nitrogens is 2. The van der Waals surface area contributed by atoms with Crippen molar-refractivity contribution >= 4 is 29.2 Å². The molecule has 0 aliphatic heterocycles. The number of halogens is 1. The number of nitrogens with two attached hydrogens (primary N) is 1. The highest BCUT2D eigenvalue weighted by Gasteiger charge is 1.98. The van der Waals surface area contributed by atoms with Gasteiger partial charge in [-0.1, -0.05) is 23.4 Å². The van der Waals surface area contributed by atoms with E-state index in [2.05, 4.69) is 9.97 Å². The third-order valence-electron chi connectivity index (χ3n) is 1.68. The van der Waals surface area contributed by atoms with Crippen molar-refractivity contribution in [3.05, 3.63) is 41.7 Å². The van der Waals surface area contributed by atoms with Gasteiger partial charge in [0.1, 0.15) is 10.8 Å². The first-order valence-corrected chi connectivity index (χ1v) is 5.44. The number of hydrogen-bond acceptors (Lipinski definition) is 4. The molecular formula is C10H8ClN3S. The lowest BCUT2D eigenvalue weighted by Gasteiger charge is -2.00. The van der Waals surface area contributed by atoms with Crippen LogP contribution in [0.1, 0.15) is 0 Å². The average Bonchev–Trinajstić information content (AvgIpc) is 2.25. The smallest absolute Gasteiger partial charge is 0.123 e. The SMILES string of the molecule is Nc1ccc(Sc2ccc(Cl)cn2)cn1. The van der Waals surface area contributed by atoms with Crippen LogP contribution >= 0.6 is 23.4 Å². The maximum absolute atomic E-state index is 5.73. The number of nitrogen functional groups attached to an aromatic ring is 1. The molecule has 0 aliphatic carbocycles. The minimum Gasteiger partial charge on any atom is -0.384 e. The van der Waals surface area contributed by atoms with Crippen molar-refractivity contribution in [3.8, 4) is 0 Å². The number of nitrogens with zero attached hydrogens (tertiary/aromatic N) is 2. The molecule has 2 rings (SSSR count). The van der Waals surface area contributed by atoms with Gasteiger partial charge in [-0.25, -0.2) is 9.97 Å². The Hall–Kier alpha value is -1.26. The van der Waals surface area contributed by atoms with Crippen molar-refractivity contribution in [2.24, 2.45) is 0 Å². The van der Waals surface area contributed by atoms with Gasteiger partial charge in [-0.05, 0) is 24.3 Å². The van der Waals surface area contributed by atoms with E-state index in [1.54, 1.807) is 18.5 Å². The van der Waals surface area contributed by atoms with Crippen LogP contribution in [0.25, 0.3) is 0 Å². The van der Waals surface area contributed by atoms with Crippen molar-refractivity contribution in [2.75, 3.05) is 5.73 Å². The van der Waals surface area contributed by atoms with Crippen LogP contribution in [0.15, 0.2) is 46.6 Å². The van der Waals surface area contributed by atoms with E-state index < -0.39 is 0 Å². The zero-order valence-electron chi connectivity index (χ0n) is 7.72. The van der Waals surface area contributed by atoms with Crippen molar-refractivity contribution in [3.63, 3.8) is 0 Å². The molecule has 0 atom stereocenters. The Morgan fingerprint density at radius 2 is 1.93 bits per heavy atom. The summed E-state index contributed by atoms with van der Waals surface area (Å²) in [4.78, 5) is 9.16. The van der Waals surface area contributed by atoms with Gasteiger partial charge in [-0.2, -0.15) is 0 Å². The summed E-state index contributed by atoms with van der Waals surface area (Å²) in [6, 6.07) is 7.34. The third-order valence-corrected chi connectivity index (χ3v) is 2.83. The molecule has 0 aliphatic rings. The van der Waals surface area contributed by atoms with Gasteiger partial charge in [0.15, 0.2) is 0 Å². The predicted molar refractivity (Wildman–Crippen MR) is 62.0 cm³/mol. The van der Waals surface area contributed by atoms with Crippen LogP contribution in [0.3, 0.4) is 0 Å². The summed E-state index contributed by atoms with van der Waals surface area (Å²) in [7, 11) is 0. The van der Waals surface area contributed by atoms with E-state index in [1.807, 2.05) is 18.2 Å². The molecular weight excluding hydrogens is 230 g/mol. The summed E-state index contributed by atoms with van der Waals surface area (Å²) in [6.45, 7) is 0. The highest BCUT2D eigenvalue weighted by atomic mass is 35.5. The van der Waals surface area contributed by atoms with E-state index in [9.17, 15) is 0 Å². The van der Waals surface area contributed by atoms with E-state index in [1.165, 1.54) is 11.8 Å². The van der Waals surface area contributed by atoms with Gasteiger partial charge in [-0.15, -0.1) is 0 Å². The predicted octanol–water partition coefficient (Wildman–Crippen LogP) is 2.86. The van der Waals surface area contributed by atoms with Crippen LogP contribution in [-0.4, -0.2) is 9.97 Å². The molecule has 0 spiro atoms. The first-order valence-electron chi connectivity index (χ1n) is 4.25. The van der Waals surface area contributed by atoms with Gasteiger partial charge in [0.05, 0.1) is 5.02 Å². The molecule has 0 saturated carbocycles. The fourth-order valence-electron chi connectivity index (χ4n) is 0.995. The number of anilines is 1. The maximum atomic E-state index is 5.73. The topological polar surface area (TPSA) is 51.8 Å². The molecule has 5 heteroatoms. The van der Waals surface area contributed by atoms with E-state index in [0.29, 0.717) is 10.8 Å². The van der Waals surface area contributed by atoms with E-state index in [4.69, 9.17) is 17.3 Å². The number of pyridine rings is 2. The molecule has 0 unspecified atom stereocenters. The molecule has 3 nitrogen and oxygen atoms in total. The Morgan fingerprint density at radius 1 is 1.07 bits per heavy atom. The minimum atomic E-state index is 0.517. The molecule has 2 heterocycles. The largest absolute Gasteiger partial charge is 0.384 e. The van der Waals surface area contributed by atoms with Gasteiger partial charge in [-0.3, -0.25) is 0 Å². The van der Waals surface area contributed by atoms with Gasteiger partial charge < -0.3 is 5.73 Å². The van der Waals surface area contributed by atoms with Crippen LogP contribution in [0.5, 0.6) is 0 Å². The van der Waals surface area contributed by atoms with Crippen LogP contribution < -0.4 is 5.73 Å². The summed E-state index contributed by atoms with van der Waals surface area (Å²) in [6.07, 6.45) is 3.34. The molecule has 15 heavy (non-hydrogen) atoms. The lowest BCUT2D eigenvalue weighted by atomic mass is 10.5. The summed E-state index contributed by atoms with van der Waals surface area (Å²) in [5.41, 5.74) is 5.49. The molecule has 76 valence electrons. The van der Waals surface area contributed by atoms with Gasteiger partial charge in [0, 0.05) is 17.3 Å². The fraction of sp³-hybridized carbons (Fsp3) is 0. The Labute approximate surface area is 96.7 Å². The molecule has 0 aromatic carbocycles. The van der Waals surface area contributed by atoms with Gasteiger partial charge in [0.2, 0.25) is 0 Å². The molecule has 2 N–H and O–H groups in total. The minimum absolute atomic E-state index is 0.517. The second-order valence-electron chi connectivity index (χ2n) is 2.84. The summed E-state index contributed by atoms with van der Waals surface area (Å²) < 4.78 is 0. The molecule has 0 amide bonds. The second kappa shape index (κ2) is 4.51. The normalized spacial score (nSPS) is 10.2. The van der Waals surface area contributed by atoms with Crippen LogP contribution in [0, 0.1) is 0 Å². The Bertz CT molecular complexity index is 398. The molecule has 0 radical (unpaired) electrons. The Morgan fingerprint density at radius 3 is 2.53 bits per heavy atom. The van der Waals surface area contributed by atoms with E-state index in [-0.39, 0.29) is 0 Å². The van der Waals surface area contributed by atoms with Crippen molar-refractivity contribution in [2.45, 2.75) is 9.92 Å². The number of hydrogen-bond donors (Lipinski definition) is 1. The molecule has 2 aromatic rings.